The predicted molar refractivity (Wildman–Crippen MR) is 73.9 cm³/mol. The highest BCUT2D eigenvalue weighted by atomic mass is 16.5. The van der Waals surface area contributed by atoms with Gasteiger partial charge in [0.1, 0.15) is 12.5 Å². The summed E-state index contributed by atoms with van der Waals surface area (Å²) in [5.41, 5.74) is 1.81. The zero-order valence-electron chi connectivity index (χ0n) is 10.6. The number of hydrogen-bond donors (Lipinski definition) is 0. The van der Waals surface area contributed by atoms with E-state index in [4.69, 9.17) is 9.47 Å². The number of methoxy groups -OCH3 is 1. The summed E-state index contributed by atoms with van der Waals surface area (Å²) in [7, 11) is 1.58. The molecule has 0 aliphatic rings. The summed E-state index contributed by atoms with van der Waals surface area (Å²) in [4.78, 5) is 10.4. The summed E-state index contributed by atoms with van der Waals surface area (Å²) in [5.74, 6) is 3.00. The normalized spacial score (nSPS) is 9.53. The van der Waals surface area contributed by atoms with Crippen LogP contribution in [-0.2, 0) is 11.4 Å². The Labute approximate surface area is 112 Å². The largest absolute Gasteiger partial charge is 0.493 e. The molecular weight excluding hydrogens is 240 g/mol. The molecule has 0 unspecified atom stereocenters. The van der Waals surface area contributed by atoms with Gasteiger partial charge in [-0.2, -0.15) is 0 Å². The van der Waals surface area contributed by atoms with E-state index in [2.05, 4.69) is 0 Å². The van der Waals surface area contributed by atoms with Gasteiger partial charge in [-0.05, 0) is 23.3 Å². The van der Waals surface area contributed by atoms with Crippen molar-refractivity contribution in [2.75, 3.05) is 7.11 Å². The maximum atomic E-state index is 10.4. The minimum absolute atomic E-state index is 0.450. The van der Waals surface area contributed by atoms with Gasteiger partial charge >= 0.3 is 0 Å². The van der Waals surface area contributed by atoms with Crippen LogP contribution in [0.5, 0.6) is 11.5 Å². The highest BCUT2D eigenvalue weighted by Gasteiger charge is 2.05. The third-order valence-corrected chi connectivity index (χ3v) is 2.65. The third kappa shape index (κ3) is 3.47. The van der Waals surface area contributed by atoms with Crippen LogP contribution in [0.1, 0.15) is 11.1 Å². The average molecular weight is 254 g/mol. The van der Waals surface area contributed by atoms with E-state index in [0.29, 0.717) is 18.1 Å². The molecule has 0 heterocycles. The van der Waals surface area contributed by atoms with Gasteiger partial charge in [0.25, 0.3) is 0 Å². The molecule has 3 nitrogen and oxygen atoms in total. The zero-order chi connectivity index (χ0) is 13.5. The molecule has 0 aliphatic carbocycles. The molecule has 0 fully saturated rings. The molecule has 0 amide bonds. The molecule has 19 heavy (non-hydrogen) atoms. The Morgan fingerprint density at radius 3 is 2.58 bits per heavy atom. The molecule has 0 radical (unpaired) electrons. The number of rotatable bonds is 5. The lowest BCUT2D eigenvalue weighted by Gasteiger charge is -2.11. The highest BCUT2D eigenvalue weighted by molar-refractivity contribution is 5.75. The number of benzene rings is 2. The topological polar surface area (TPSA) is 35.5 Å². The van der Waals surface area contributed by atoms with Crippen molar-refractivity contribution in [3.63, 3.8) is 0 Å². The molecule has 0 saturated heterocycles. The van der Waals surface area contributed by atoms with Crippen molar-refractivity contribution < 1.29 is 14.3 Å². The Kier molecular flexibility index (Phi) is 4.38. The maximum Gasteiger partial charge on any atom is 0.162 e. The summed E-state index contributed by atoms with van der Waals surface area (Å²) in [6, 6.07) is 15.2. The fraction of sp³-hybridized carbons (Fsp3) is 0.125. The minimum atomic E-state index is 0.450. The molecule has 0 N–H and O–H groups in total. The van der Waals surface area contributed by atoms with Crippen molar-refractivity contribution in [2.24, 2.45) is 0 Å². The Balaban J connectivity index is 2.18. The lowest BCUT2D eigenvalue weighted by molar-refractivity contribution is 0.284. The van der Waals surface area contributed by atoms with Gasteiger partial charge in [-0.1, -0.05) is 36.4 Å². The third-order valence-electron chi connectivity index (χ3n) is 2.65. The van der Waals surface area contributed by atoms with E-state index in [-0.39, 0.29) is 0 Å². The second-order valence-electron chi connectivity index (χ2n) is 3.95. The van der Waals surface area contributed by atoms with Crippen LogP contribution < -0.4 is 9.47 Å². The molecule has 3 heteroatoms. The monoisotopic (exact) mass is 254 g/mol. The molecule has 0 saturated carbocycles. The van der Waals surface area contributed by atoms with Crippen LogP contribution in [0.15, 0.2) is 48.5 Å². The van der Waals surface area contributed by atoms with Crippen molar-refractivity contribution in [3.8, 4) is 11.5 Å². The molecule has 0 atom stereocenters. The van der Waals surface area contributed by atoms with E-state index in [1.165, 1.54) is 6.08 Å². The first-order chi connectivity index (χ1) is 9.33. The van der Waals surface area contributed by atoms with E-state index in [1.807, 2.05) is 30.3 Å². The van der Waals surface area contributed by atoms with Gasteiger partial charge in [0.05, 0.1) is 7.11 Å². The van der Waals surface area contributed by atoms with Gasteiger partial charge in [-0.25, -0.2) is 4.79 Å². The number of hydrogen-bond acceptors (Lipinski definition) is 3. The molecule has 0 spiro atoms. The SMILES string of the molecule is COc1ccc(C=C=O)cc1OCc1ccccc1. The zero-order valence-corrected chi connectivity index (χ0v) is 10.6. The van der Waals surface area contributed by atoms with Gasteiger partial charge in [-0.3, -0.25) is 0 Å². The Hall–Kier alpha value is -2.51. The van der Waals surface area contributed by atoms with E-state index >= 15 is 0 Å². The second-order valence-corrected chi connectivity index (χ2v) is 3.95. The van der Waals surface area contributed by atoms with Crippen molar-refractivity contribution in [2.45, 2.75) is 6.61 Å². The molecule has 0 aromatic heterocycles. The van der Waals surface area contributed by atoms with Crippen molar-refractivity contribution in [1.29, 1.82) is 0 Å². The quantitative estimate of drug-likeness (QED) is 0.769. The van der Waals surface area contributed by atoms with Crippen LogP contribution in [0.3, 0.4) is 0 Å². The summed E-state index contributed by atoms with van der Waals surface area (Å²) in [6.07, 6.45) is 1.36. The predicted octanol–water partition coefficient (Wildman–Crippen LogP) is 3.12. The van der Waals surface area contributed by atoms with E-state index in [0.717, 1.165) is 11.1 Å². The summed E-state index contributed by atoms with van der Waals surface area (Å²) < 4.78 is 11.0. The van der Waals surface area contributed by atoms with Crippen LogP contribution in [0, 0.1) is 0 Å². The van der Waals surface area contributed by atoms with Crippen LogP contribution in [-0.4, -0.2) is 13.1 Å². The van der Waals surface area contributed by atoms with Gasteiger partial charge in [0, 0.05) is 6.08 Å². The average Bonchev–Trinajstić information content (AvgIpc) is 2.47. The molecule has 2 aromatic carbocycles. The lowest BCUT2D eigenvalue weighted by atomic mass is 10.2. The first kappa shape index (κ1) is 12.9. The molecule has 96 valence electrons. The van der Waals surface area contributed by atoms with E-state index in [1.54, 1.807) is 31.3 Å². The van der Waals surface area contributed by atoms with Gasteiger partial charge in [-0.15, -0.1) is 0 Å². The van der Waals surface area contributed by atoms with E-state index < -0.39 is 0 Å². The maximum absolute atomic E-state index is 10.4. The molecule has 0 aliphatic heterocycles. The fourth-order valence-electron chi connectivity index (χ4n) is 1.70. The van der Waals surface area contributed by atoms with Crippen molar-refractivity contribution in [3.05, 3.63) is 59.7 Å². The van der Waals surface area contributed by atoms with Gasteiger partial charge in [0.15, 0.2) is 11.5 Å². The molecule has 0 bridgehead atoms. The van der Waals surface area contributed by atoms with Gasteiger partial charge in [0.2, 0.25) is 0 Å². The van der Waals surface area contributed by atoms with Crippen LogP contribution in [0.25, 0.3) is 6.08 Å². The fourth-order valence-corrected chi connectivity index (χ4v) is 1.70. The molecule has 2 aromatic rings. The smallest absolute Gasteiger partial charge is 0.162 e. The second kappa shape index (κ2) is 6.43. The Bertz CT molecular complexity index is 584. The highest BCUT2D eigenvalue weighted by Crippen LogP contribution is 2.29. The summed E-state index contributed by atoms with van der Waals surface area (Å²) in [6.45, 7) is 0.450. The standard InChI is InChI=1S/C16H14O3/c1-18-15-8-7-13(9-10-17)11-16(15)19-12-14-5-3-2-4-6-14/h2-9,11H,12H2,1H3. The number of carbonyl (C=O) groups excluding carboxylic acids is 1. The minimum Gasteiger partial charge on any atom is -0.493 e. The Morgan fingerprint density at radius 2 is 1.89 bits per heavy atom. The van der Waals surface area contributed by atoms with Crippen molar-refractivity contribution in [1.82, 2.24) is 0 Å². The van der Waals surface area contributed by atoms with Crippen LogP contribution >= 0.6 is 0 Å². The summed E-state index contributed by atoms with van der Waals surface area (Å²) >= 11 is 0. The van der Waals surface area contributed by atoms with Crippen LogP contribution in [0.2, 0.25) is 0 Å². The van der Waals surface area contributed by atoms with Crippen molar-refractivity contribution >= 4 is 12.0 Å². The Morgan fingerprint density at radius 1 is 1.11 bits per heavy atom. The van der Waals surface area contributed by atoms with E-state index in [9.17, 15) is 4.79 Å². The molecular formula is C16H14O3. The number of ether oxygens (including phenoxy) is 2. The van der Waals surface area contributed by atoms with Gasteiger partial charge < -0.3 is 9.47 Å². The lowest BCUT2D eigenvalue weighted by Crippen LogP contribution is -1.97. The first-order valence-corrected chi connectivity index (χ1v) is 5.89. The van der Waals surface area contributed by atoms with Crippen LogP contribution in [0.4, 0.5) is 0 Å². The summed E-state index contributed by atoms with van der Waals surface area (Å²) in [5, 5.41) is 0. The first-order valence-electron chi connectivity index (χ1n) is 5.89. The molecule has 2 rings (SSSR count).